The Balaban J connectivity index is 1.72. The van der Waals surface area contributed by atoms with Crippen LogP contribution in [0.5, 0.6) is 0 Å². The number of hydrogen-bond acceptors (Lipinski definition) is 2. The molecule has 3 rings (SSSR count). The molecule has 2 aromatic heterocycles. The zero-order chi connectivity index (χ0) is 15.7. The molecule has 0 aliphatic carbocycles. The lowest BCUT2D eigenvalue weighted by molar-refractivity contribution is 0.569. The van der Waals surface area contributed by atoms with Gasteiger partial charge in [-0.05, 0) is 36.8 Å². The predicted octanol–water partition coefficient (Wildman–Crippen LogP) is 5.15. The number of benzene rings is 1. The molecule has 0 aliphatic rings. The topological polar surface area (TPSA) is 29.3 Å². The molecule has 1 atom stereocenters. The average Bonchev–Trinajstić information content (AvgIpc) is 2.86. The van der Waals surface area contributed by atoms with Gasteiger partial charge in [0.2, 0.25) is 0 Å². The van der Waals surface area contributed by atoms with Gasteiger partial charge in [0, 0.05) is 35.0 Å². The van der Waals surface area contributed by atoms with Gasteiger partial charge >= 0.3 is 0 Å². The molecule has 0 spiro atoms. The number of fused-ring (bicyclic) bond motifs is 1. The molecule has 0 saturated carbocycles. The second kappa shape index (κ2) is 6.47. The van der Waals surface area contributed by atoms with E-state index < -0.39 is 0 Å². The second-order valence-electron chi connectivity index (χ2n) is 5.11. The van der Waals surface area contributed by atoms with Gasteiger partial charge in [-0.2, -0.15) is 0 Å². The molecule has 0 radical (unpaired) electrons. The van der Waals surface area contributed by atoms with Crippen LogP contribution in [0.1, 0.15) is 24.2 Å². The van der Waals surface area contributed by atoms with E-state index in [1.54, 1.807) is 6.07 Å². The zero-order valence-electron chi connectivity index (χ0n) is 11.9. The predicted molar refractivity (Wildman–Crippen MR) is 91.9 cm³/mol. The number of pyridine rings is 1. The van der Waals surface area contributed by atoms with Crippen LogP contribution in [-0.4, -0.2) is 9.38 Å². The van der Waals surface area contributed by atoms with Gasteiger partial charge in [0.1, 0.15) is 5.65 Å². The smallest absolute Gasteiger partial charge is 0.137 e. The van der Waals surface area contributed by atoms with Crippen LogP contribution < -0.4 is 5.32 Å². The molecule has 0 fully saturated rings. The van der Waals surface area contributed by atoms with Crippen LogP contribution in [0.4, 0.5) is 0 Å². The Labute approximate surface area is 143 Å². The summed E-state index contributed by atoms with van der Waals surface area (Å²) >= 11 is 18.1. The molecule has 0 aliphatic heterocycles. The third-order valence-corrected chi connectivity index (χ3v) is 4.27. The standard InChI is InChI=1S/C16H14Cl3N3/c1-10(14-4-2-11(17)6-15(14)19)20-7-13-9-22-8-12(18)3-5-16(22)21-13/h2-6,8-10,20H,7H2,1H3. The number of imidazole rings is 1. The number of aromatic nitrogens is 2. The number of halogens is 3. The molecular formula is C16H14Cl3N3. The van der Waals surface area contributed by atoms with Crippen molar-refractivity contribution in [2.24, 2.45) is 0 Å². The lowest BCUT2D eigenvalue weighted by Gasteiger charge is -2.15. The molecule has 2 heterocycles. The van der Waals surface area contributed by atoms with Gasteiger partial charge in [0.05, 0.1) is 10.7 Å². The van der Waals surface area contributed by atoms with E-state index in [0.29, 0.717) is 21.6 Å². The first-order valence-corrected chi connectivity index (χ1v) is 7.98. The van der Waals surface area contributed by atoms with E-state index in [-0.39, 0.29) is 6.04 Å². The fourth-order valence-electron chi connectivity index (χ4n) is 2.32. The molecule has 1 unspecified atom stereocenters. The fraction of sp³-hybridized carbons (Fsp3) is 0.188. The number of nitrogens with zero attached hydrogens (tertiary/aromatic N) is 2. The molecule has 1 N–H and O–H groups in total. The van der Waals surface area contributed by atoms with Crippen LogP contribution in [0, 0.1) is 0 Å². The highest BCUT2D eigenvalue weighted by Crippen LogP contribution is 2.26. The van der Waals surface area contributed by atoms with E-state index in [9.17, 15) is 0 Å². The van der Waals surface area contributed by atoms with Crippen LogP contribution in [0.25, 0.3) is 5.65 Å². The van der Waals surface area contributed by atoms with Crippen LogP contribution in [-0.2, 0) is 6.54 Å². The van der Waals surface area contributed by atoms with E-state index >= 15 is 0 Å². The van der Waals surface area contributed by atoms with Gasteiger partial charge in [-0.3, -0.25) is 0 Å². The molecular weight excluding hydrogens is 341 g/mol. The Bertz CT molecular complexity index is 814. The highest BCUT2D eigenvalue weighted by atomic mass is 35.5. The number of hydrogen-bond donors (Lipinski definition) is 1. The lowest BCUT2D eigenvalue weighted by atomic mass is 10.1. The van der Waals surface area contributed by atoms with Crippen molar-refractivity contribution >= 4 is 40.4 Å². The minimum Gasteiger partial charge on any atom is -0.305 e. The summed E-state index contributed by atoms with van der Waals surface area (Å²) in [6.07, 6.45) is 3.80. The number of rotatable bonds is 4. The summed E-state index contributed by atoms with van der Waals surface area (Å²) in [4.78, 5) is 4.54. The molecule has 0 saturated heterocycles. The average molecular weight is 355 g/mol. The highest BCUT2D eigenvalue weighted by molar-refractivity contribution is 6.35. The van der Waals surface area contributed by atoms with E-state index in [0.717, 1.165) is 16.9 Å². The molecule has 1 aromatic carbocycles. The molecule has 22 heavy (non-hydrogen) atoms. The second-order valence-corrected chi connectivity index (χ2v) is 6.39. The van der Waals surface area contributed by atoms with Gasteiger partial charge in [0.25, 0.3) is 0 Å². The summed E-state index contributed by atoms with van der Waals surface area (Å²) in [7, 11) is 0. The van der Waals surface area contributed by atoms with Crippen LogP contribution in [0.3, 0.4) is 0 Å². The first-order valence-electron chi connectivity index (χ1n) is 6.84. The summed E-state index contributed by atoms with van der Waals surface area (Å²) in [6, 6.07) is 9.35. The summed E-state index contributed by atoms with van der Waals surface area (Å²) < 4.78 is 1.92. The SMILES string of the molecule is CC(NCc1cn2cc(Cl)ccc2n1)c1ccc(Cl)cc1Cl. The van der Waals surface area contributed by atoms with E-state index in [2.05, 4.69) is 17.2 Å². The maximum Gasteiger partial charge on any atom is 0.137 e. The van der Waals surface area contributed by atoms with Crippen molar-refractivity contribution in [3.05, 3.63) is 69.1 Å². The van der Waals surface area contributed by atoms with Gasteiger partial charge < -0.3 is 9.72 Å². The summed E-state index contributed by atoms with van der Waals surface area (Å²) in [6.45, 7) is 2.70. The summed E-state index contributed by atoms with van der Waals surface area (Å²) in [5.41, 5.74) is 2.83. The first-order chi connectivity index (χ1) is 10.5. The van der Waals surface area contributed by atoms with E-state index in [1.165, 1.54) is 0 Å². The van der Waals surface area contributed by atoms with Gasteiger partial charge in [0.15, 0.2) is 0 Å². The normalized spacial score (nSPS) is 12.7. The van der Waals surface area contributed by atoms with E-state index in [1.807, 2.05) is 41.1 Å². The van der Waals surface area contributed by atoms with Crippen molar-refractivity contribution in [3.8, 4) is 0 Å². The summed E-state index contributed by atoms with van der Waals surface area (Å²) in [5.74, 6) is 0. The largest absolute Gasteiger partial charge is 0.305 e. The van der Waals surface area contributed by atoms with Gasteiger partial charge in [-0.1, -0.05) is 40.9 Å². The molecule has 3 nitrogen and oxygen atoms in total. The third-order valence-electron chi connectivity index (χ3n) is 3.48. The molecule has 3 aromatic rings. The third kappa shape index (κ3) is 3.39. The Morgan fingerprint density at radius 2 is 1.86 bits per heavy atom. The molecule has 114 valence electrons. The van der Waals surface area contributed by atoms with Crippen molar-refractivity contribution in [2.45, 2.75) is 19.5 Å². The maximum atomic E-state index is 6.23. The highest BCUT2D eigenvalue weighted by Gasteiger charge is 2.10. The van der Waals surface area contributed by atoms with Gasteiger partial charge in [-0.15, -0.1) is 0 Å². The monoisotopic (exact) mass is 353 g/mol. The van der Waals surface area contributed by atoms with Crippen LogP contribution in [0.2, 0.25) is 15.1 Å². The van der Waals surface area contributed by atoms with Gasteiger partial charge in [-0.25, -0.2) is 4.98 Å². The van der Waals surface area contributed by atoms with Crippen molar-refractivity contribution in [1.82, 2.24) is 14.7 Å². The fourth-order valence-corrected chi connectivity index (χ4v) is 3.06. The van der Waals surface area contributed by atoms with Crippen LogP contribution in [0.15, 0.2) is 42.7 Å². The minimum atomic E-state index is 0.0955. The number of nitrogens with one attached hydrogen (secondary N) is 1. The van der Waals surface area contributed by atoms with Crippen molar-refractivity contribution in [2.75, 3.05) is 0 Å². The van der Waals surface area contributed by atoms with Crippen molar-refractivity contribution in [3.63, 3.8) is 0 Å². The minimum absolute atomic E-state index is 0.0955. The summed E-state index contributed by atoms with van der Waals surface area (Å²) in [5, 5.41) is 5.40. The Morgan fingerprint density at radius 1 is 1.09 bits per heavy atom. The lowest BCUT2D eigenvalue weighted by Crippen LogP contribution is -2.18. The Kier molecular flexibility index (Phi) is 4.59. The zero-order valence-corrected chi connectivity index (χ0v) is 14.1. The Hall–Kier alpha value is -1.26. The maximum absolute atomic E-state index is 6.23. The quantitative estimate of drug-likeness (QED) is 0.702. The van der Waals surface area contributed by atoms with Crippen molar-refractivity contribution in [1.29, 1.82) is 0 Å². The molecule has 6 heteroatoms. The van der Waals surface area contributed by atoms with E-state index in [4.69, 9.17) is 34.8 Å². The Morgan fingerprint density at radius 3 is 2.64 bits per heavy atom. The van der Waals surface area contributed by atoms with Crippen molar-refractivity contribution < 1.29 is 0 Å². The van der Waals surface area contributed by atoms with Crippen LogP contribution >= 0.6 is 34.8 Å². The molecule has 0 amide bonds. The molecule has 0 bridgehead atoms. The first kappa shape index (κ1) is 15.6.